The van der Waals surface area contributed by atoms with Crippen molar-refractivity contribution in [3.05, 3.63) is 0 Å². The molecule has 1 heterocycles. The highest BCUT2D eigenvalue weighted by Crippen LogP contribution is 2.08. The lowest BCUT2D eigenvalue weighted by molar-refractivity contribution is 0.0560. The van der Waals surface area contributed by atoms with E-state index in [1.54, 1.807) is 0 Å². The van der Waals surface area contributed by atoms with Gasteiger partial charge in [0.05, 0.1) is 12.7 Å². The van der Waals surface area contributed by atoms with Gasteiger partial charge in [-0.25, -0.2) is 4.39 Å². The molecule has 60 valence electrons. The van der Waals surface area contributed by atoms with Crippen LogP contribution in [-0.2, 0) is 4.74 Å². The summed E-state index contributed by atoms with van der Waals surface area (Å²) in [4.78, 5) is 0. The average molecular weight is 147 g/mol. The van der Waals surface area contributed by atoms with E-state index in [4.69, 9.17) is 4.74 Å². The van der Waals surface area contributed by atoms with Crippen molar-refractivity contribution in [2.24, 2.45) is 0 Å². The molecule has 1 aliphatic heterocycles. The summed E-state index contributed by atoms with van der Waals surface area (Å²) in [6.45, 7) is 2.86. The molecular formula is C7H14FNO. The molecular weight excluding hydrogens is 133 g/mol. The lowest BCUT2D eigenvalue weighted by atomic mass is 10.2. The zero-order valence-electron chi connectivity index (χ0n) is 6.27. The maximum atomic E-state index is 11.6. The van der Waals surface area contributed by atoms with Crippen LogP contribution in [0.4, 0.5) is 4.39 Å². The molecule has 0 aromatic carbocycles. The summed E-state index contributed by atoms with van der Waals surface area (Å²) < 4.78 is 16.8. The molecule has 1 saturated heterocycles. The van der Waals surface area contributed by atoms with E-state index in [0.29, 0.717) is 6.04 Å². The summed E-state index contributed by atoms with van der Waals surface area (Å²) in [6, 6.07) is 0.532. The molecule has 0 aromatic heterocycles. The third-order valence-electron chi connectivity index (χ3n) is 1.74. The second kappa shape index (κ2) is 3.88. The minimum absolute atomic E-state index is 0.241. The Bertz CT molecular complexity index is 99.6. The first kappa shape index (κ1) is 7.95. The quantitative estimate of drug-likeness (QED) is 0.635. The third-order valence-corrected chi connectivity index (χ3v) is 1.74. The Morgan fingerprint density at radius 1 is 1.70 bits per heavy atom. The Morgan fingerprint density at radius 3 is 3.00 bits per heavy atom. The Hall–Kier alpha value is -0.150. The van der Waals surface area contributed by atoms with Crippen LogP contribution < -0.4 is 5.32 Å². The zero-order chi connectivity index (χ0) is 7.40. The third kappa shape index (κ3) is 2.23. The van der Waals surface area contributed by atoms with Crippen LogP contribution in [0.25, 0.3) is 0 Å². The lowest BCUT2D eigenvalue weighted by Gasteiger charge is -2.07. The van der Waals surface area contributed by atoms with Crippen molar-refractivity contribution in [1.29, 1.82) is 0 Å². The molecule has 3 heteroatoms. The number of rotatable bonds is 3. The minimum Gasteiger partial charge on any atom is -0.374 e. The fourth-order valence-corrected chi connectivity index (χ4v) is 1.23. The zero-order valence-corrected chi connectivity index (χ0v) is 6.27. The molecule has 0 unspecified atom stereocenters. The van der Waals surface area contributed by atoms with Crippen LogP contribution >= 0.6 is 0 Å². The smallest absolute Gasteiger partial charge is 0.113 e. The fraction of sp³-hybridized carbons (Fsp3) is 1.00. The predicted octanol–water partition coefficient (Wildman–Crippen LogP) is 0.723. The maximum Gasteiger partial charge on any atom is 0.113 e. The summed E-state index contributed by atoms with van der Waals surface area (Å²) in [6.07, 6.45) is 1.26. The first-order valence-electron chi connectivity index (χ1n) is 3.74. The van der Waals surface area contributed by atoms with E-state index >= 15 is 0 Å². The Kier molecular flexibility index (Phi) is 3.09. The number of alkyl halides is 1. The van der Waals surface area contributed by atoms with Gasteiger partial charge in [0.25, 0.3) is 0 Å². The van der Waals surface area contributed by atoms with Crippen molar-refractivity contribution in [2.45, 2.75) is 25.5 Å². The van der Waals surface area contributed by atoms with Crippen molar-refractivity contribution in [2.75, 3.05) is 19.8 Å². The Labute approximate surface area is 60.8 Å². The van der Waals surface area contributed by atoms with Gasteiger partial charge in [0.15, 0.2) is 0 Å². The van der Waals surface area contributed by atoms with Gasteiger partial charge < -0.3 is 10.1 Å². The van der Waals surface area contributed by atoms with Gasteiger partial charge in [0.1, 0.15) is 6.67 Å². The van der Waals surface area contributed by atoms with Gasteiger partial charge in [0, 0.05) is 12.6 Å². The van der Waals surface area contributed by atoms with Crippen LogP contribution in [0.15, 0.2) is 0 Å². The molecule has 1 aliphatic rings. The Morgan fingerprint density at radius 2 is 2.50 bits per heavy atom. The molecule has 1 N–H and O–H groups in total. The van der Waals surface area contributed by atoms with Crippen molar-refractivity contribution in [3.8, 4) is 0 Å². The highest BCUT2D eigenvalue weighted by atomic mass is 19.1. The first-order chi connectivity index (χ1) is 4.83. The van der Waals surface area contributed by atoms with Gasteiger partial charge in [-0.3, -0.25) is 0 Å². The minimum atomic E-state index is -0.370. The highest BCUT2D eigenvalue weighted by Gasteiger charge is 2.20. The van der Waals surface area contributed by atoms with Crippen LogP contribution in [0.5, 0.6) is 0 Å². The fourth-order valence-electron chi connectivity index (χ4n) is 1.23. The number of hydrogen-bond acceptors (Lipinski definition) is 2. The number of nitrogens with one attached hydrogen (secondary N) is 1. The number of hydrogen-bond donors (Lipinski definition) is 1. The van der Waals surface area contributed by atoms with Gasteiger partial charge in [-0.2, -0.15) is 0 Å². The standard InChI is InChI=1S/C7H14FNO/c1-6-4-7(5-9-6)10-3-2-8/h6-7,9H,2-5H2,1H3/t6-,7-/m1/s1. The second-order valence-electron chi connectivity index (χ2n) is 2.73. The van der Waals surface area contributed by atoms with Crippen LogP contribution in [0, 0.1) is 0 Å². The molecule has 0 aromatic rings. The van der Waals surface area contributed by atoms with E-state index in [1.165, 1.54) is 0 Å². The highest BCUT2D eigenvalue weighted by molar-refractivity contribution is 4.78. The summed E-state index contributed by atoms with van der Waals surface area (Å²) in [5.41, 5.74) is 0. The largest absolute Gasteiger partial charge is 0.374 e. The molecule has 0 aliphatic carbocycles. The number of ether oxygens (including phenoxy) is 1. The SMILES string of the molecule is C[C@@H]1C[C@@H](OCCF)CN1. The molecule has 2 atom stereocenters. The van der Waals surface area contributed by atoms with E-state index in [1.807, 2.05) is 0 Å². The monoisotopic (exact) mass is 147 g/mol. The molecule has 10 heavy (non-hydrogen) atoms. The van der Waals surface area contributed by atoms with Crippen molar-refractivity contribution in [3.63, 3.8) is 0 Å². The summed E-state index contributed by atoms with van der Waals surface area (Å²) in [7, 11) is 0. The topological polar surface area (TPSA) is 21.3 Å². The van der Waals surface area contributed by atoms with Crippen molar-refractivity contribution < 1.29 is 9.13 Å². The summed E-state index contributed by atoms with van der Waals surface area (Å²) >= 11 is 0. The molecule has 0 radical (unpaired) electrons. The average Bonchev–Trinajstić information content (AvgIpc) is 2.31. The summed E-state index contributed by atoms with van der Waals surface area (Å²) in [5.74, 6) is 0. The van der Waals surface area contributed by atoms with Crippen LogP contribution in [0.3, 0.4) is 0 Å². The van der Waals surface area contributed by atoms with Gasteiger partial charge in [-0.05, 0) is 13.3 Å². The normalized spacial score (nSPS) is 33.0. The van der Waals surface area contributed by atoms with E-state index in [2.05, 4.69) is 12.2 Å². The molecule has 1 rings (SSSR count). The molecule has 2 nitrogen and oxygen atoms in total. The van der Waals surface area contributed by atoms with Crippen LogP contribution in [0.1, 0.15) is 13.3 Å². The van der Waals surface area contributed by atoms with Crippen molar-refractivity contribution in [1.82, 2.24) is 5.32 Å². The summed E-state index contributed by atoms with van der Waals surface area (Å²) in [5, 5.41) is 3.23. The van der Waals surface area contributed by atoms with E-state index in [-0.39, 0.29) is 19.4 Å². The van der Waals surface area contributed by atoms with Gasteiger partial charge in [-0.1, -0.05) is 0 Å². The van der Waals surface area contributed by atoms with Crippen LogP contribution in [-0.4, -0.2) is 32.0 Å². The van der Waals surface area contributed by atoms with E-state index < -0.39 is 0 Å². The molecule has 0 spiro atoms. The van der Waals surface area contributed by atoms with Crippen molar-refractivity contribution >= 4 is 0 Å². The van der Waals surface area contributed by atoms with E-state index in [9.17, 15) is 4.39 Å². The predicted molar refractivity (Wildman–Crippen MR) is 37.8 cm³/mol. The van der Waals surface area contributed by atoms with Gasteiger partial charge in [-0.15, -0.1) is 0 Å². The molecule has 0 saturated carbocycles. The molecule has 0 amide bonds. The number of halogens is 1. The van der Waals surface area contributed by atoms with Gasteiger partial charge in [0.2, 0.25) is 0 Å². The lowest BCUT2D eigenvalue weighted by Crippen LogP contribution is -2.19. The second-order valence-corrected chi connectivity index (χ2v) is 2.73. The first-order valence-corrected chi connectivity index (χ1v) is 3.74. The maximum absolute atomic E-state index is 11.6. The molecule has 1 fully saturated rings. The Balaban J connectivity index is 2.06. The van der Waals surface area contributed by atoms with E-state index in [0.717, 1.165) is 13.0 Å². The van der Waals surface area contributed by atoms with Gasteiger partial charge >= 0.3 is 0 Å². The van der Waals surface area contributed by atoms with Crippen LogP contribution in [0.2, 0.25) is 0 Å². The molecule has 0 bridgehead atoms.